The Morgan fingerprint density at radius 1 is 1.59 bits per heavy atom. The summed E-state index contributed by atoms with van der Waals surface area (Å²) in [4.78, 5) is 18.5. The molecule has 1 aliphatic rings. The highest BCUT2D eigenvalue weighted by atomic mass is 32.1. The van der Waals surface area contributed by atoms with Crippen LogP contribution in [0.25, 0.3) is 0 Å². The molecule has 5 nitrogen and oxygen atoms in total. The van der Waals surface area contributed by atoms with Crippen molar-refractivity contribution in [2.75, 3.05) is 18.8 Å². The van der Waals surface area contributed by atoms with Gasteiger partial charge in [0.25, 0.3) is 0 Å². The number of rotatable bonds is 1. The lowest BCUT2D eigenvalue weighted by atomic mass is 10.00. The molecule has 17 heavy (non-hydrogen) atoms. The summed E-state index contributed by atoms with van der Waals surface area (Å²) < 4.78 is 5.28. The van der Waals surface area contributed by atoms with E-state index < -0.39 is 5.60 Å². The number of thiazole rings is 1. The summed E-state index contributed by atoms with van der Waals surface area (Å²) in [5, 5.41) is 0.579. The van der Waals surface area contributed by atoms with Gasteiger partial charge < -0.3 is 15.4 Å². The van der Waals surface area contributed by atoms with Gasteiger partial charge in [0.2, 0.25) is 0 Å². The molecular formula is C11H17N3O2S. The van der Waals surface area contributed by atoms with Crippen LogP contribution < -0.4 is 5.73 Å². The van der Waals surface area contributed by atoms with Crippen LogP contribution in [0.2, 0.25) is 0 Å². The molecule has 0 bridgehead atoms. The van der Waals surface area contributed by atoms with Gasteiger partial charge in [0, 0.05) is 30.1 Å². The van der Waals surface area contributed by atoms with Crippen molar-refractivity contribution in [3.05, 3.63) is 11.1 Å². The van der Waals surface area contributed by atoms with Crippen molar-refractivity contribution in [2.45, 2.75) is 32.3 Å². The summed E-state index contributed by atoms with van der Waals surface area (Å²) in [6, 6.07) is 0. The molecule has 0 aromatic carbocycles. The van der Waals surface area contributed by atoms with Crippen molar-refractivity contribution in [3.63, 3.8) is 0 Å². The molecular weight excluding hydrogens is 238 g/mol. The van der Waals surface area contributed by atoms with Crippen LogP contribution in [0, 0.1) is 0 Å². The lowest BCUT2D eigenvalue weighted by Gasteiger charge is -2.39. The highest BCUT2D eigenvalue weighted by Crippen LogP contribution is 2.32. The number of carbonyl (C=O) groups is 1. The zero-order valence-corrected chi connectivity index (χ0v) is 11.1. The number of amides is 1. The number of anilines is 1. The van der Waals surface area contributed by atoms with Crippen molar-refractivity contribution in [1.29, 1.82) is 0 Å². The first-order chi connectivity index (χ1) is 7.85. The van der Waals surface area contributed by atoms with E-state index in [4.69, 9.17) is 10.5 Å². The van der Waals surface area contributed by atoms with Crippen molar-refractivity contribution in [1.82, 2.24) is 9.88 Å². The minimum Gasteiger partial charge on any atom is -0.444 e. The molecule has 1 fully saturated rings. The molecule has 0 atom stereocenters. The maximum atomic E-state index is 11.7. The number of nitrogens with zero attached hydrogens (tertiary/aromatic N) is 2. The van der Waals surface area contributed by atoms with E-state index in [1.807, 2.05) is 20.8 Å². The highest BCUT2D eigenvalue weighted by Gasteiger charge is 2.35. The van der Waals surface area contributed by atoms with Gasteiger partial charge in [0.1, 0.15) is 5.60 Å². The van der Waals surface area contributed by atoms with Gasteiger partial charge in [-0.1, -0.05) is 0 Å². The van der Waals surface area contributed by atoms with E-state index in [-0.39, 0.29) is 6.09 Å². The number of ether oxygens (including phenoxy) is 1. The van der Waals surface area contributed by atoms with Crippen LogP contribution in [-0.4, -0.2) is 34.7 Å². The molecule has 94 valence electrons. The zero-order valence-electron chi connectivity index (χ0n) is 10.3. The summed E-state index contributed by atoms with van der Waals surface area (Å²) in [6.07, 6.45) is 1.54. The maximum Gasteiger partial charge on any atom is 0.410 e. The third-order valence-corrected chi connectivity index (χ3v) is 3.47. The normalized spacial score (nSPS) is 16.8. The van der Waals surface area contributed by atoms with E-state index in [0.29, 0.717) is 24.1 Å². The molecule has 1 amide bonds. The summed E-state index contributed by atoms with van der Waals surface area (Å²) in [5.74, 6) is 0.359. The molecule has 1 aliphatic heterocycles. The minimum atomic E-state index is -0.433. The molecule has 6 heteroatoms. The number of hydrogen-bond donors (Lipinski definition) is 1. The SMILES string of the molecule is CC(C)(C)OC(=O)N1CC(c2cnc(N)s2)C1. The van der Waals surface area contributed by atoms with Gasteiger partial charge >= 0.3 is 6.09 Å². The Morgan fingerprint density at radius 3 is 2.71 bits per heavy atom. The van der Waals surface area contributed by atoms with Crippen molar-refractivity contribution in [3.8, 4) is 0 Å². The summed E-state index contributed by atoms with van der Waals surface area (Å²) >= 11 is 1.49. The number of nitrogen functional groups attached to an aromatic ring is 1. The Kier molecular flexibility index (Phi) is 2.99. The predicted molar refractivity (Wildman–Crippen MR) is 67.1 cm³/mol. The Bertz CT molecular complexity index is 419. The summed E-state index contributed by atoms with van der Waals surface area (Å²) in [6.45, 7) is 6.98. The predicted octanol–water partition coefficient (Wildman–Crippen LogP) is 2.06. The Labute approximate surface area is 105 Å². The molecule has 0 spiro atoms. The van der Waals surface area contributed by atoms with Crippen LogP contribution in [0.15, 0.2) is 6.20 Å². The molecule has 1 aromatic heterocycles. The fourth-order valence-electron chi connectivity index (χ4n) is 1.62. The fraction of sp³-hybridized carbons (Fsp3) is 0.636. The van der Waals surface area contributed by atoms with E-state index >= 15 is 0 Å². The third-order valence-electron chi connectivity index (χ3n) is 2.48. The highest BCUT2D eigenvalue weighted by molar-refractivity contribution is 7.15. The van der Waals surface area contributed by atoms with Crippen molar-refractivity contribution in [2.24, 2.45) is 0 Å². The van der Waals surface area contributed by atoms with Gasteiger partial charge in [-0.3, -0.25) is 0 Å². The van der Waals surface area contributed by atoms with Gasteiger partial charge in [-0.25, -0.2) is 9.78 Å². The van der Waals surface area contributed by atoms with E-state index in [1.165, 1.54) is 11.3 Å². The fourth-order valence-corrected chi connectivity index (χ4v) is 2.39. The number of aromatic nitrogens is 1. The smallest absolute Gasteiger partial charge is 0.410 e. The summed E-state index contributed by atoms with van der Waals surface area (Å²) in [7, 11) is 0. The molecule has 0 radical (unpaired) electrons. The maximum absolute atomic E-state index is 11.7. The van der Waals surface area contributed by atoms with Gasteiger partial charge in [-0.15, -0.1) is 11.3 Å². The molecule has 0 unspecified atom stereocenters. The van der Waals surface area contributed by atoms with Crippen molar-refractivity contribution < 1.29 is 9.53 Å². The minimum absolute atomic E-state index is 0.244. The van der Waals surface area contributed by atoms with Crippen molar-refractivity contribution >= 4 is 22.6 Å². The largest absolute Gasteiger partial charge is 0.444 e. The van der Waals surface area contributed by atoms with E-state index in [9.17, 15) is 4.79 Å². The molecule has 0 saturated carbocycles. The topological polar surface area (TPSA) is 68.5 Å². The van der Waals surface area contributed by atoms with E-state index in [0.717, 1.165) is 4.88 Å². The van der Waals surface area contributed by atoms with Crippen LogP contribution in [0.4, 0.5) is 9.93 Å². The van der Waals surface area contributed by atoms with Crippen LogP contribution in [0.5, 0.6) is 0 Å². The van der Waals surface area contributed by atoms with Gasteiger partial charge in [-0.2, -0.15) is 0 Å². The molecule has 2 rings (SSSR count). The first kappa shape index (κ1) is 12.2. The molecule has 2 heterocycles. The lowest BCUT2D eigenvalue weighted by Crippen LogP contribution is -2.50. The lowest BCUT2D eigenvalue weighted by molar-refractivity contribution is 0.00845. The average molecular weight is 255 g/mol. The average Bonchev–Trinajstić information content (AvgIpc) is 2.45. The van der Waals surface area contributed by atoms with Gasteiger partial charge in [0.15, 0.2) is 5.13 Å². The standard InChI is InChI=1S/C11H17N3O2S/c1-11(2,3)16-10(15)14-5-7(6-14)8-4-13-9(12)17-8/h4,7H,5-6H2,1-3H3,(H2,12,13). The Morgan fingerprint density at radius 2 is 2.24 bits per heavy atom. The monoisotopic (exact) mass is 255 g/mol. The molecule has 2 N–H and O–H groups in total. The number of hydrogen-bond acceptors (Lipinski definition) is 5. The second kappa shape index (κ2) is 4.18. The van der Waals surface area contributed by atoms with Crippen LogP contribution >= 0.6 is 11.3 Å². The number of carbonyl (C=O) groups excluding carboxylic acids is 1. The Hall–Kier alpha value is -1.30. The second-order valence-electron chi connectivity index (χ2n) is 5.18. The summed E-state index contributed by atoms with van der Waals surface area (Å²) in [5.41, 5.74) is 5.14. The first-order valence-electron chi connectivity index (χ1n) is 5.54. The van der Waals surface area contributed by atoms with Crippen LogP contribution in [0.1, 0.15) is 31.6 Å². The Balaban J connectivity index is 1.85. The van der Waals surface area contributed by atoms with E-state index in [2.05, 4.69) is 4.98 Å². The van der Waals surface area contributed by atoms with Crippen LogP contribution in [-0.2, 0) is 4.74 Å². The van der Waals surface area contributed by atoms with Gasteiger partial charge in [0.05, 0.1) is 0 Å². The second-order valence-corrected chi connectivity index (χ2v) is 6.28. The van der Waals surface area contributed by atoms with Crippen LogP contribution in [0.3, 0.4) is 0 Å². The number of likely N-dealkylation sites (tertiary alicyclic amines) is 1. The molecule has 0 aliphatic carbocycles. The third kappa shape index (κ3) is 2.88. The molecule has 1 aromatic rings. The quantitative estimate of drug-likeness (QED) is 0.834. The number of nitrogens with two attached hydrogens (primary N) is 1. The van der Waals surface area contributed by atoms with E-state index in [1.54, 1.807) is 11.1 Å². The molecule has 1 saturated heterocycles. The zero-order chi connectivity index (χ0) is 12.6. The van der Waals surface area contributed by atoms with Gasteiger partial charge in [-0.05, 0) is 20.8 Å². The first-order valence-corrected chi connectivity index (χ1v) is 6.36.